The van der Waals surface area contributed by atoms with E-state index in [1.165, 1.54) is 12.7 Å². The molecule has 7 heteroatoms. The number of fused-ring (bicyclic) bond motifs is 1. The van der Waals surface area contributed by atoms with Crippen molar-refractivity contribution in [3.05, 3.63) is 23.8 Å². The maximum Gasteiger partial charge on any atom is 0.311 e. The van der Waals surface area contributed by atoms with Gasteiger partial charge in [-0.1, -0.05) is 45.9 Å². The summed E-state index contributed by atoms with van der Waals surface area (Å²) in [7, 11) is 1.30. The van der Waals surface area contributed by atoms with E-state index in [-0.39, 0.29) is 48.6 Å². The van der Waals surface area contributed by atoms with Crippen molar-refractivity contribution in [1.82, 2.24) is 0 Å². The van der Waals surface area contributed by atoms with E-state index in [9.17, 15) is 19.5 Å². The molecule has 0 aromatic heterocycles. The first-order valence-electron chi connectivity index (χ1n) is 14.7. The van der Waals surface area contributed by atoms with E-state index in [1.54, 1.807) is 13.8 Å². The number of methoxy groups -OCH3 is 1. The second-order valence-electron chi connectivity index (χ2n) is 13.0. The Hall–Kier alpha value is -2.15. The van der Waals surface area contributed by atoms with Gasteiger partial charge in [0.15, 0.2) is 0 Å². The Morgan fingerprint density at radius 3 is 2.26 bits per heavy atom. The maximum absolute atomic E-state index is 13.0. The Labute approximate surface area is 235 Å². The molecular weight excluding hydrogens is 496 g/mol. The number of hydrogen-bond donors (Lipinski definition) is 1. The SMILES string of the molecule is CCC(C)(C)C(=O)O[C@H](CC(=O)OC)C[C@H](O)CC[C@@H]1C2C(=C[C@H](C)C[C@@H]2OC(=O)C(C)(C)CC)C=C[C@@H]1C. The number of rotatable bonds is 13. The van der Waals surface area contributed by atoms with Crippen molar-refractivity contribution in [2.45, 2.75) is 119 Å². The molecular formula is C32H52O7. The normalized spacial score (nSPS) is 26.6. The smallest absolute Gasteiger partial charge is 0.311 e. The molecule has 2 aliphatic carbocycles. The summed E-state index contributed by atoms with van der Waals surface area (Å²) >= 11 is 0. The highest BCUT2D eigenvalue weighted by atomic mass is 16.6. The molecule has 222 valence electrons. The molecule has 0 saturated carbocycles. The van der Waals surface area contributed by atoms with Gasteiger partial charge in [0.25, 0.3) is 0 Å². The van der Waals surface area contributed by atoms with Crippen molar-refractivity contribution in [2.75, 3.05) is 7.11 Å². The molecule has 0 aromatic rings. The van der Waals surface area contributed by atoms with Crippen LogP contribution in [0.25, 0.3) is 0 Å². The third-order valence-corrected chi connectivity index (χ3v) is 8.99. The lowest BCUT2D eigenvalue weighted by atomic mass is 9.65. The van der Waals surface area contributed by atoms with Crippen LogP contribution >= 0.6 is 0 Å². The van der Waals surface area contributed by atoms with Crippen LogP contribution in [0, 0.1) is 34.5 Å². The van der Waals surface area contributed by atoms with Gasteiger partial charge in [-0.15, -0.1) is 0 Å². The Morgan fingerprint density at radius 2 is 1.67 bits per heavy atom. The van der Waals surface area contributed by atoms with E-state index < -0.39 is 29.0 Å². The molecule has 2 aliphatic rings. The molecule has 1 N–H and O–H groups in total. The van der Waals surface area contributed by atoms with Gasteiger partial charge in [0.05, 0.1) is 30.5 Å². The first-order valence-corrected chi connectivity index (χ1v) is 14.7. The van der Waals surface area contributed by atoms with Gasteiger partial charge in [-0.05, 0) is 83.1 Å². The largest absolute Gasteiger partial charge is 0.469 e. The molecule has 0 radical (unpaired) electrons. The molecule has 39 heavy (non-hydrogen) atoms. The number of allylic oxidation sites excluding steroid dienone is 3. The van der Waals surface area contributed by atoms with E-state index in [4.69, 9.17) is 14.2 Å². The Morgan fingerprint density at radius 1 is 1.05 bits per heavy atom. The minimum absolute atomic E-state index is 0.0686. The quantitative estimate of drug-likeness (QED) is 0.217. The standard InChI is InChI=1S/C32H52O7/c1-10-31(5,6)29(35)38-24(19-27(34)37-9)18-23(33)14-15-25-21(4)12-13-22-16-20(3)17-26(28(22)25)39-30(36)32(7,8)11-2/h12-13,16,20-21,23-26,28,33H,10-11,14-15,17-19H2,1-9H3/t20-,21-,23+,24-,25-,26-,28?/m0/s1. The van der Waals surface area contributed by atoms with Gasteiger partial charge < -0.3 is 19.3 Å². The lowest BCUT2D eigenvalue weighted by molar-refractivity contribution is -0.166. The molecule has 0 heterocycles. The van der Waals surface area contributed by atoms with Crippen molar-refractivity contribution in [1.29, 1.82) is 0 Å². The minimum Gasteiger partial charge on any atom is -0.469 e. The van der Waals surface area contributed by atoms with Crippen LogP contribution in [0.5, 0.6) is 0 Å². The Kier molecular flexibility index (Phi) is 11.8. The molecule has 0 saturated heterocycles. The van der Waals surface area contributed by atoms with Crippen molar-refractivity contribution >= 4 is 17.9 Å². The van der Waals surface area contributed by atoms with E-state index in [1.807, 2.05) is 27.7 Å². The van der Waals surface area contributed by atoms with E-state index in [2.05, 4.69) is 32.1 Å². The van der Waals surface area contributed by atoms with Crippen LogP contribution in [0.3, 0.4) is 0 Å². The van der Waals surface area contributed by atoms with Crippen LogP contribution in [0.15, 0.2) is 23.8 Å². The maximum atomic E-state index is 13.0. The zero-order valence-corrected chi connectivity index (χ0v) is 25.6. The molecule has 2 rings (SSSR count). The summed E-state index contributed by atoms with van der Waals surface area (Å²) in [6.07, 6.45) is 8.29. The summed E-state index contributed by atoms with van der Waals surface area (Å²) < 4.78 is 16.7. The monoisotopic (exact) mass is 548 g/mol. The lowest BCUT2D eigenvalue weighted by Crippen LogP contribution is -2.43. The van der Waals surface area contributed by atoms with E-state index >= 15 is 0 Å². The summed E-state index contributed by atoms with van der Waals surface area (Å²) in [4.78, 5) is 37.7. The highest BCUT2D eigenvalue weighted by Crippen LogP contribution is 2.45. The highest BCUT2D eigenvalue weighted by Gasteiger charge is 2.43. The predicted molar refractivity (Wildman–Crippen MR) is 152 cm³/mol. The molecule has 7 atom stereocenters. The fourth-order valence-corrected chi connectivity index (χ4v) is 5.37. The Bertz CT molecular complexity index is 915. The second-order valence-corrected chi connectivity index (χ2v) is 13.0. The summed E-state index contributed by atoms with van der Waals surface area (Å²) in [5.74, 6) is -0.210. The number of carbonyl (C=O) groups excluding carboxylic acids is 3. The highest BCUT2D eigenvalue weighted by molar-refractivity contribution is 5.77. The van der Waals surface area contributed by atoms with Crippen LogP contribution in [0.2, 0.25) is 0 Å². The van der Waals surface area contributed by atoms with Gasteiger partial charge in [0.1, 0.15) is 12.2 Å². The van der Waals surface area contributed by atoms with Gasteiger partial charge >= 0.3 is 17.9 Å². The van der Waals surface area contributed by atoms with Crippen LogP contribution in [0.1, 0.15) is 100 Å². The van der Waals surface area contributed by atoms with Crippen molar-refractivity contribution in [3.8, 4) is 0 Å². The van der Waals surface area contributed by atoms with Crippen LogP contribution in [-0.4, -0.2) is 48.4 Å². The molecule has 0 fully saturated rings. The fraction of sp³-hybridized carbons (Fsp3) is 0.781. The number of esters is 3. The van der Waals surface area contributed by atoms with Gasteiger partial charge in [-0.25, -0.2) is 0 Å². The number of ether oxygens (including phenoxy) is 3. The summed E-state index contributed by atoms with van der Waals surface area (Å²) in [5, 5.41) is 11.0. The molecule has 0 bridgehead atoms. The van der Waals surface area contributed by atoms with Crippen LogP contribution in [0.4, 0.5) is 0 Å². The number of hydrogen-bond acceptors (Lipinski definition) is 7. The van der Waals surface area contributed by atoms with Gasteiger partial charge in [0.2, 0.25) is 0 Å². The number of aliphatic hydroxyl groups is 1. The van der Waals surface area contributed by atoms with E-state index in [0.29, 0.717) is 31.6 Å². The van der Waals surface area contributed by atoms with Crippen LogP contribution < -0.4 is 0 Å². The van der Waals surface area contributed by atoms with Gasteiger partial charge in [-0.3, -0.25) is 14.4 Å². The molecule has 1 unspecified atom stereocenters. The number of aliphatic hydroxyl groups excluding tert-OH is 1. The Balaban J connectivity index is 2.15. The van der Waals surface area contributed by atoms with Crippen molar-refractivity contribution in [2.24, 2.45) is 34.5 Å². The lowest BCUT2D eigenvalue weighted by Gasteiger charge is -2.44. The van der Waals surface area contributed by atoms with Crippen LogP contribution in [-0.2, 0) is 28.6 Å². The second kappa shape index (κ2) is 14.0. The number of carbonyl (C=O) groups is 3. The van der Waals surface area contributed by atoms with Crippen molar-refractivity contribution < 1.29 is 33.7 Å². The molecule has 0 aliphatic heterocycles. The summed E-state index contributed by atoms with van der Waals surface area (Å²) in [6.45, 7) is 15.7. The molecule has 0 spiro atoms. The van der Waals surface area contributed by atoms with Gasteiger partial charge in [0, 0.05) is 12.3 Å². The summed E-state index contributed by atoms with van der Waals surface area (Å²) in [5.41, 5.74) is -0.00841. The molecule has 0 aromatic carbocycles. The summed E-state index contributed by atoms with van der Waals surface area (Å²) in [6, 6.07) is 0. The third-order valence-electron chi connectivity index (χ3n) is 8.99. The minimum atomic E-state index is -0.759. The van der Waals surface area contributed by atoms with Crippen molar-refractivity contribution in [3.63, 3.8) is 0 Å². The average molecular weight is 549 g/mol. The first kappa shape index (κ1) is 33.1. The molecule has 7 nitrogen and oxygen atoms in total. The first-order chi connectivity index (χ1) is 18.1. The third kappa shape index (κ3) is 8.92. The zero-order chi connectivity index (χ0) is 29.5. The fourth-order valence-electron chi connectivity index (χ4n) is 5.37. The van der Waals surface area contributed by atoms with E-state index in [0.717, 1.165) is 6.42 Å². The van der Waals surface area contributed by atoms with Gasteiger partial charge in [-0.2, -0.15) is 0 Å². The molecule has 0 amide bonds. The average Bonchev–Trinajstić information content (AvgIpc) is 2.87. The predicted octanol–water partition coefficient (Wildman–Crippen LogP) is 6.18. The zero-order valence-electron chi connectivity index (χ0n) is 25.6. The topological polar surface area (TPSA) is 99.1 Å².